The number of carbonyl (C=O) groups excluding carboxylic acids is 1. The van der Waals surface area contributed by atoms with Gasteiger partial charge < -0.3 is 9.64 Å². The SMILES string of the molecule is C=C(OCCCC)N1CCN(C(C)C(=O)C(C)C)CC1. The molecule has 0 aromatic rings. The number of piperazine rings is 1. The van der Waals surface area contributed by atoms with Crippen LogP contribution in [0, 0.1) is 5.92 Å². The lowest BCUT2D eigenvalue weighted by atomic mass is 10.0. The summed E-state index contributed by atoms with van der Waals surface area (Å²) in [7, 11) is 0. The van der Waals surface area contributed by atoms with Gasteiger partial charge in [0.1, 0.15) is 0 Å². The fourth-order valence-corrected chi connectivity index (χ4v) is 2.45. The third-order valence-corrected chi connectivity index (χ3v) is 3.96. The number of ether oxygens (including phenoxy) is 1. The van der Waals surface area contributed by atoms with E-state index >= 15 is 0 Å². The predicted octanol–water partition coefficient (Wildman–Crippen LogP) is 2.51. The summed E-state index contributed by atoms with van der Waals surface area (Å²) in [5.74, 6) is 1.22. The third kappa shape index (κ3) is 4.82. The first-order valence-electron chi connectivity index (χ1n) is 7.81. The van der Waals surface area contributed by atoms with Gasteiger partial charge in [-0.05, 0) is 19.9 Å². The molecule has 0 N–H and O–H groups in total. The van der Waals surface area contributed by atoms with Crippen LogP contribution in [0.4, 0.5) is 0 Å². The van der Waals surface area contributed by atoms with Crippen LogP contribution in [0.1, 0.15) is 40.5 Å². The summed E-state index contributed by atoms with van der Waals surface area (Å²) >= 11 is 0. The van der Waals surface area contributed by atoms with Crippen LogP contribution in [-0.4, -0.2) is 54.4 Å². The van der Waals surface area contributed by atoms with Crippen LogP contribution in [-0.2, 0) is 9.53 Å². The first-order chi connectivity index (χ1) is 9.47. The molecule has 116 valence electrons. The van der Waals surface area contributed by atoms with Crippen LogP contribution >= 0.6 is 0 Å². The first-order valence-corrected chi connectivity index (χ1v) is 7.81. The highest BCUT2D eigenvalue weighted by Crippen LogP contribution is 2.14. The number of hydrogen-bond donors (Lipinski definition) is 0. The van der Waals surface area contributed by atoms with Crippen molar-refractivity contribution in [3.05, 3.63) is 12.5 Å². The second-order valence-corrected chi connectivity index (χ2v) is 5.85. The Morgan fingerprint density at radius 2 is 1.80 bits per heavy atom. The topological polar surface area (TPSA) is 32.8 Å². The summed E-state index contributed by atoms with van der Waals surface area (Å²) in [6.07, 6.45) is 2.20. The molecule has 0 aliphatic carbocycles. The van der Waals surface area contributed by atoms with Gasteiger partial charge in [-0.2, -0.15) is 0 Å². The Morgan fingerprint density at radius 1 is 1.20 bits per heavy atom. The van der Waals surface area contributed by atoms with Crippen molar-refractivity contribution in [1.82, 2.24) is 9.80 Å². The second-order valence-electron chi connectivity index (χ2n) is 5.85. The monoisotopic (exact) mass is 282 g/mol. The predicted molar refractivity (Wildman–Crippen MR) is 82.5 cm³/mol. The van der Waals surface area contributed by atoms with Crippen molar-refractivity contribution in [2.45, 2.75) is 46.6 Å². The van der Waals surface area contributed by atoms with Crippen molar-refractivity contribution in [1.29, 1.82) is 0 Å². The molecule has 1 aliphatic heterocycles. The highest BCUT2D eigenvalue weighted by Gasteiger charge is 2.27. The van der Waals surface area contributed by atoms with Gasteiger partial charge in [-0.25, -0.2) is 0 Å². The van der Waals surface area contributed by atoms with Gasteiger partial charge in [0.25, 0.3) is 0 Å². The second kappa shape index (κ2) is 8.30. The van der Waals surface area contributed by atoms with Gasteiger partial charge >= 0.3 is 0 Å². The molecule has 0 radical (unpaired) electrons. The van der Waals surface area contributed by atoms with E-state index in [0.29, 0.717) is 5.78 Å². The van der Waals surface area contributed by atoms with E-state index in [1.807, 2.05) is 20.8 Å². The Labute approximate surface area is 123 Å². The highest BCUT2D eigenvalue weighted by molar-refractivity contribution is 5.85. The maximum Gasteiger partial charge on any atom is 0.181 e. The molecule has 0 saturated carbocycles. The number of Topliss-reactive ketones (excluding diaryl/α,β-unsaturated/α-hetero) is 1. The van der Waals surface area contributed by atoms with Gasteiger partial charge in [0.15, 0.2) is 11.7 Å². The lowest BCUT2D eigenvalue weighted by Crippen LogP contribution is -2.52. The van der Waals surface area contributed by atoms with Crippen LogP contribution in [0.5, 0.6) is 0 Å². The van der Waals surface area contributed by atoms with Crippen molar-refractivity contribution in [3.63, 3.8) is 0 Å². The van der Waals surface area contributed by atoms with E-state index in [0.717, 1.165) is 51.5 Å². The van der Waals surface area contributed by atoms with Gasteiger partial charge in [-0.3, -0.25) is 9.69 Å². The molecule has 1 unspecified atom stereocenters. The zero-order valence-electron chi connectivity index (χ0n) is 13.5. The van der Waals surface area contributed by atoms with Crippen LogP contribution in [0.2, 0.25) is 0 Å². The molecule has 0 aromatic heterocycles. The van der Waals surface area contributed by atoms with Gasteiger partial charge in [0, 0.05) is 32.1 Å². The molecule has 0 spiro atoms. The van der Waals surface area contributed by atoms with Crippen LogP contribution in [0.3, 0.4) is 0 Å². The fourth-order valence-electron chi connectivity index (χ4n) is 2.45. The van der Waals surface area contributed by atoms with Crippen LogP contribution in [0.15, 0.2) is 12.5 Å². The van der Waals surface area contributed by atoms with Gasteiger partial charge in [-0.1, -0.05) is 27.2 Å². The zero-order valence-corrected chi connectivity index (χ0v) is 13.5. The van der Waals surface area contributed by atoms with E-state index in [9.17, 15) is 4.79 Å². The summed E-state index contributed by atoms with van der Waals surface area (Å²) in [5, 5.41) is 0. The van der Waals surface area contributed by atoms with E-state index in [2.05, 4.69) is 23.3 Å². The quantitative estimate of drug-likeness (QED) is 0.506. The number of ketones is 1. The molecule has 1 saturated heterocycles. The minimum absolute atomic E-state index is 0.0198. The molecule has 1 rings (SSSR count). The normalized spacial score (nSPS) is 18.1. The van der Waals surface area contributed by atoms with Crippen molar-refractivity contribution >= 4 is 5.78 Å². The minimum Gasteiger partial charge on any atom is -0.479 e. The number of carbonyl (C=O) groups is 1. The van der Waals surface area contributed by atoms with E-state index in [1.165, 1.54) is 0 Å². The molecule has 20 heavy (non-hydrogen) atoms. The van der Waals surface area contributed by atoms with E-state index < -0.39 is 0 Å². The fraction of sp³-hybridized carbons (Fsp3) is 0.812. The molecule has 4 heteroatoms. The van der Waals surface area contributed by atoms with Gasteiger partial charge in [0.2, 0.25) is 0 Å². The van der Waals surface area contributed by atoms with Crippen molar-refractivity contribution in [2.24, 2.45) is 5.92 Å². The van der Waals surface area contributed by atoms with E-state index in [-0.39, 0.29) is 12.0 Å². The van der Waals surface area contributed by atoms with E-state index in [1.54, 1.807) is 0 Å². The molecule has 0 amide bonds. The maximum atomic E-state index is 12.0. The van der Waals surface area contributed by atoms with E-state index in [4.69, 9.17) is 4.74 Å². The molecule has 0 aromatic carbocycles. The van der Waals surface area contributed by atoms with Gasteiger partial charge in [0.05, 0.1) is 12.6 Å². The number of rotatable bonds is 8. The summed E-state index contributed by atoms with van der Waals surface area (Å²) in [6, 6.07) is 0.0198. The molecule has 1 fully saturated rings. The summed E-state index contributed by atoms with van der Waals surface area (Å²) in [5.41, 5.74) is 0. The number of hydrogen-bond acceptors (Lipinski definition) is 4. The smallest absolute Gasteiger partial charge is 0.181 e. The lowest BCUT2D eigenvalue weighted by Gasteiger charge is -2.39. The standard InChI is InChI=1S/C16H30N2O2/c1-6-7-12-20-15(5)18-10-8-17(9-11-18)14(4)16(19)13(2)3/h13-14H,5-12H2,1-4H3. The Balaban J connectivity index is 2.36. The van der Waals surface area contributed by atoms with Gasteiger partial charge in [-0.15, -0.1) is 0 Å². The summed E-state index contributed by atoms with van der Waals surface area (Å²) < 4.78 is 5.65. The molecular formula is C16H30N2O2. The Bertz CT molecular complexity index is 320. The Kier molecular flexibility index (Phi) is 7.06. The average Bonchev–Trinajstić information content (AvgIpc) is 2.46. The zero-order chi connectivity index (χ0) is 15.1. The first kappa shape index (κ1) is 17.0. The highest BCUT2D eigenvalue weighted by atomic mass is 16.5. The Morgan fingerprint density at radius 3 is 2.30 bits per heavy atom. The largest absolute Gasteiger partial charge is 0.479 e. The number of unbranched alkanes of at least 4 members (excludes halogenated alkanes) is 1. The van der Waals surface area contributed by atoms with Crippen LogP contribution < -0.4 is 0 Å². The summed E-state index contributed by atoms with van der Waals surface area (Å²) in [6.45, 7) is 16.4. The molecular weight excluding hydrogens is 252 g/mol. The van der Waals surface area contributed by atoms with Crippen molar-refractivity contribution < 1.29 is 9.53 Å². The maximum absolute atomic E-state index is 12.0. The molecule has 4 nitrogen and oxygen atoms in total. The minimum atomic E-state index is 0.0198. The summed E-state index contributed by atoms with van der Waals surface area (Å²) in [4.78, 5) is 16.5. The molecule has 1 atom stereocenters. The molecule has 0 bridgehead atoms. The third-order valence-electron chi connectivity index (χ3n) is 3.96. The average molecular weight is 282 g/mol. The number of nitrogens with zero attached hydrogens (tertiary/aromatic N) is 2. The Hall–Kier alpha value is -1.03. The van der Waals surface area contributed by atoms with Crippen molar-refractivity contribution in [2.75, 3.05) is 32.8 Å². The van der Waals surface area contributed by atoms with Crippen molar-refractivity contribution in [3.8, 4) is 0 Å². The van der Waals surface area contributed by atoms with Crippen LogP contribution in [0.25, 0.3) is 0 Å². The molecule has 1 aliphatic rings. The molecule has 1 heterocycles. The lowest BCUT2D eigenvalue weighted by molar-refractivity contribution is -0.127.